The first-order chi connectivity index (χ1) is 8.22. The summed E-state index contributed by atoms with van der Waals surface area (Å²) in [5, 5.41) is 9.32. The molecular weight excluding hydrogens is 220 g/mol. The Balaban J connectivity index is 2.21. The molecule has 1 aromatic rings. The van der Waals surface area contributed by atoms with Crippen molar-refractivity contribution in [1.82, 2.24) is 0 Å². The molecule has 0 aromatic heterocycles. The molecule has 1 unspecified atom stereocenters. The Morgan fingerprint density at radius 1 is 1.53 bits per heavy atom. The highest BCUT2D eigenvalue weighted by Crippen LogP contribution is 2.33. The van der Waals surface area contributed by atoms with E-state index < -0.39 is 11.9 Å². The molecule has 0 bridgehead atoms. The summed E-state index contributed by atoms with van der Waals surface area (Å²) in [4.78, 5) is 11.3. The van der Waals surface area contributed by atoms with Gasteiger partial charge in [0.2, 0.25) is 0 Å². The van der Waals surface area contributed by atoms with E-state index in [9.17, 15) is 9.90 Å². The van der Waals surface area contributed by atoms with Crippen molar-refractivity contribution in [2.24, 2.45) is 5.92 Å². The van der Waals surface area contributed by atoms with Gasteiger partial charge in [0.25, 0.3) is 0 Å². The molecule has 1 fully saturated rings. The van der Waals surface area contributed by atoms with Crippen molar-refractivity contribution in [3.63, 3.8) is 0 Å². The van der Waals surface area contributed by atoms with Gasteiger partial charge in [-0.25, -0.2) is 0 Å². The molecular formula is C13H16O4. The molecule has 1 aliphatic rings. The van der Waals surface area contributed by atoms with Crippen LogP contribution >= 0.6 is 0 Å². The summed E-state index contributed by atoms with van der Waals surface area (Å²) in [6.45, 7) is 1.33. The van der Waals surface area contributed by atoms with Gasteiger partial charge in [0.05, 0.1) is 26.2 Å². The first-order valence-electron chi connectivity index (χ1n) is 5.66. The van der Waals surface area contributed by atoms with Crippen LogP contribution in [0.2, 0.25) is 0 Å². The van der Waals surface area contributed by atoms with Crippen molar-refractivity contribution in [3.8, 4) is 5.75 Å². The van der Waals surface area contributed by atoms with Crippen LogP contribution in [0.15, 0.2) is 24.3 Å². The molecule has 1 heterocycles. The minimum Gasteiger partial charge on any atom is -0.496 e. The quantitative estimate of drug-likeness (QED) is 0.848. The van der Waals surface area contributed by atoms with E-state index in [1.54, 1.807) is 13.2 Å². The number of ether oxygens (including phenoxy) is 2. The van der Waals surface area contributed by atoms with Crippen LogP contribution < -0.4 is 4.74 Å². The van der Waals surface area contributed by atoms with E-state index in [1.165, 1.54) is 0 Å². The smallest absolute Gasteiger partial charge is 0.311 e. The summed E-state index contributed by atoms with van der Waals surface area (Å²) in [7, 11) is 1.56. The number of aliphatic carboxylic acids is 1. The third kappa shape index (κ3) is 2.58. The van der Waals surface area contributed by atoms with Gasteiger partial charge < -0.3 is 14.6 Å². The molecule has 4 heteroatoms. The first kappa shape index (κ1) is 11.9. The van der Waals surface area contributed by atoms with Crippen LogP contribution in [0.3, 0.4) is 0 Å². The Labute approximate surface area is 100 Å². The number of rotatable bonds is 5. The van der Waals surface area contributed by atoms with Gasteiger partial charge in [-0.1, -0.05) is 18.2 Å². The summed E-state index contributed by atoms with van der Waals surface area (Å²) < 4.78 is 10.3. The van der Waals surface area contributed by atoms with Crippen LogP contribution in [0.25, 0.3) is 0 Å². The fourth-order valence-corrected chi connectivity index (χ4v) is 2.07. The van der Waals surface area contributed by atoms with Gasteiger partial charge in [0.1, 0.15) is 5.75 Å². The SMILES string of the molecule is COc1ccccc1C(CC1COC1)C(=O)O. The molecule has 0 spiro atoms. The van der Waals surface area contributed by atoms with Crippen LogP contribution in [0.1, 0.15) is 17.9 Å². The molecule has 0 saturated carbocycles. The Morgan fingerprint density at radius 2 is 2.24 bits per heavy atom. The van der Waals surface area contributed by atoms with E-state index in [4.69, 9.17) is 9.47 Å². The van der Waals surface area contributed by atoms with E-state index in [0.717, 1.165) is 5.56 Å². The van der Waals surface area contributed by atoms with E-state index in [1.807, 2.05) is 18.2 Å². The molecule has 17 heavy (non-hydrogen) atoms. The maximum absolute atomic E-state index is 11.3. The zero-order chi connectivity index (χ0) is 12.3. The van der Waals surface area contributed by atoms with Gasteiger partial charge in [-0.15, -0.1) is 0 Å². The average Bonchev–Trinajstić information content (AvgIpc) is 2.27. The molecule has 1 atom stereocenters. The molecule has 1 aliphatic heterocycles. The van der Waals surface area contributed by atoms with Crippen LogP contribution in [0.5, 0.6) is 5.75 Å². The van der Waals surface area contributed by atoms with Gasteiger partial charge in [-0.05, 0) is 12.5 Å². The monoisotopic (exact) mass is 236 g/mol. The minimum atomic E-state index is -0.804. The van der Waals surface area contributed by atoms with Gasteiger partial charge in [-0.2, -0.15) is 0 Å². The van der Waals surface area contributed by atoms with Gasteiger partial charge in [-0.3, -0.25) is 4.79 Å². The maximum Gasteiger partial charge on any atom is 0.311 e. The van der Waals surface area contributed by atoms with Crippen molar-refractivity contribution in [2.45, 2.75) is 12.3 Å². The second-order valence-electron chi connectivity index (χ2n) is 4.27. The number of carboxylic acids is 1. The minimum absolute atomic E-state index is 0.348. The number of methoxy groups -OCH3 is 1. The Morgan fingerprint density at radius 3 is 2.76 bits per heavy atom. The fourth-order valence-electron chi connectivity index (χ4n) is 2.07. The van der Waals surface area contributed by atoms with E-state index in [0.29, 0.717) is 31.3 Å². The molecule has 0 aliphatic carbocycles. The first-order valence-corrected chi connectivity index (χ1v) is 5.66. The van der Waals surface area contributed by atoms with Crippen LogP contribution in [0, 0.1) is 5.92 Å². The second-order valence-corrected chi connectivity index (χ2v) is 4.27. The Kier molecular flexibility index (Phi) is 3.64. The highest BCUT2D eigenvalue weighted by molar-refractivity contribution is 5.77. The third-order valence-electron chi connectivity index (χ3n) is 3.09. The molecule has 4 nitrogen and oxygen atoms in total. The topological polar surface area (TPSA) is 55.8 Å². The highest BCUT2D eigenvalue weighted by Gasteiger charge is 2.30. The number of hydrogen-bond acceptors (Lipinski definition) is 3. The van der Waals surface area contributed by atoms with Crippen molar-refractivity contribution in [1.29, 1.82) is 0 Å². The standard InChI is InChI=1S/C13H16O4/c1-16-12-5-3-2-4-10(12)11(13(14)15)6-9-7-17-8-9/h2-5,9,11H,6-8H2,1H3,(H,14,15). The second kappa shape index (κ2) is 5.19. The highest BCUT2D eigenvalue weighted by atomic mass is 16.5. The fraction of sp³-hybridized carbons (Fsp3) is 0.462. The zero-order valence-electron chi connectivity index (χ0n) is 9.76. The van der Waals surface area contributed by atoms with Crippen LogP contribution in [-0.4, -0.2) is 31.4 Å². The van der Waals surface area contributed by atoms with Crippen LogP contribution in [0.4, 0.5) is 0 Å². The van der Waals surface area contributed by atoms with E-state index in [2.05, 4.69) is 0 Å². The average molecular weight is 236 g/mol. The van der Waals surface area contributed by atoms with Crippen molar-refractivity contribution < 1.29 is 19.4 Å². The molecule has 1 aromatic carbocycles. The lowest BCUT2D eigenvalue weighted by molar-refractivity contribution is -0.140. The van der Waals surface area contributed by atoms with Crippen molar-refractivity contribution >= 4 is 5.97 Å². The Bertz CT molecular complexity index is 398. The lowest BCUT2D eigenvalue weighted by atomic mass is 9.87. The third-order valence-corrected chi connectivity index (χ3v) is 3.09. The van der Waals surface area contributed by atoms with Gasteiger partial charge >= 0.3 is 5.97 Å². The van der Waals surface area contributed by atoms with E-state index >= 15 is 0 Å². The number of para-hydroxylation sites is 1. The maximum atomic E-state index is 11.3. The van der Waals surface area contributed by atoms with Gasteiger partial charge in [0, 0.05) is 11.5 Å². The number of benzene rings is 1. The molecule has 2 rings (SSSR count). The lowest BCUT2D eigenvalue weighted by Crippen LogP contribution is -2.31. The summed E-state index contributed by atoms with van der Waals surface area (Å²) >= 11 is 0. The molecule has 92 valence electrons. The summed E-state index contributed by atoms with van der Waals surface area (Å²) in [5.41, 5.74) is 0.745. The molecule has 1 saturated heterocycles. The Hall–Kier alpha value is -1.55. The predicted molar refractivity (Wildman–Crippen MR) is 62.3 cm³/mol. The number of carbonyl (C=O) groups is 1. The molecule has 1 N–H and O–H groups in total. The van der Waals surface area contributed by atoms with Crippen LogP contribution in [-0.2, 0) is 9.53 Å². The summed E-state index contributed by atoms with van der Waals surface area (Å²) in [6.07, 6.45) is 0.607. The van der Waals surface area contributed by atoms with Gasteiger partial charge in [0.15, 0.2) is 0 Å². The van der Waals surface area contributed by atoms with E-state index in [-0.39, 0.29) is 0 Å². The zero-order valence-corrected chi connectivity index (χ0v) is 9.76. The van der Waals surface area contributed by atoms with Crippen molar-refractivity contribution in [3.05, 3.63) is 29.8 Å². The number of hydrogen-bond donors (Lipinski definition) is 1. The molecule has 0 amide bonds. The summed E-state index contributed by atoms with van der Waals surface area (Å²) in [6, 6.07) is 7.29. The normalized spacial score (nSPS) is 17.2. The summed E-state index contributed by atoms with van der Waals surface area (Å²) in [5.74, 6) is -0.331. The predicted octanol–water partition coefficient (Wildman–Crippen LogP) is 1.90. The largest absolute Gasteiger partial charge is 0.496 e. The number of carboxylic acid groups (broad SMARTS) is 1. The molecule has 0 radical (unpaired) electrons. The van der Waals surface area contributed by atoms with Crippen molar-refractivity contribution in [2.75, 3.05) is 20.3 Å². The lowest BCUT2D eigenvalue weighted by Gasteiger charge is -2.28.